The standard InChI is InChI=1S/C16H22F3N.C14H15F3O/c1-20(2)12-15(10-4-3-5-11-15)13-6-8-14(9-7-13)16(17,18)19;15-14(16,17)12-6-4-11(5-7-12)13(10-18)8-2-1-3-9-13/h6-9H,3-5,10-12H2,1-2H3;4-7,10H,1-3,8-9H2. The smallest absolute Gasteiger partial charge is 0.309 e. The van der Waals surface area contributed by atoms with Crippen LogP contribution < -0.4 is 0 Å². The molecule has 210 valence electrons. The second-order valence-electron chi connectivity index (χ2n) is 11.1. The highest BCUT2D eigenvalue weighted by Gasteiger charge is 2.37. The molecule has 0 heterocycles. The van der Waals surface area contributed by atoms with E-state index < -0.39 is 28.9 Å². The fourth-order valence-electron chi connectivity index (χ4n) is 6.03. The van der Waals surface area contributed by atoms with Gasteiger partial charge in [0.25, 0.3) is 0 Å². The third kappa shape index (κ3) is 7.39. The van der Waals surface area contributed by atoms with Crippen LogP contribution in [0, 0.1) is 0 Å². The molecule has 0 N–H and O–H groups in total. The van der Waals surface area contributed by atoms with Gasteiger partial charge in [0.05, 0.1) is 16.5 Å². The largest absolute Gasteiger partial charge is 0.416 e. The Bertz CT molecular complexity index is 1010. The fraction of sp³-hybridized carbons (Fsp3) is 0.567. The molecular weight excluding hydrogens is 504 g/mol. The summed E-state index contributed by atoms with van der Waals surface area (Å²) in [7, 11) is 4.06. The van der Waals surface area contributed by atoms with Crippen LogP contribution in [0.15, 0.2) is 48.5 Å². The Morgan fingerprint density at radius 2 is 1.05 bits per heavy atom. The van der Waals surface area contributed by atoms with Crippen LogP contribution in [0.5, 0.6) is 0 Å². The quantitative estimate of drug-likeness (QED) is 0.279. The predicted octanol–water partition coefficient (Wildman–Crippen LogP) is 8.58. The third-order valence-corrected chi connectivity index (χ3v) is 8.01. The average molecular weight is 542 g/mol. The molecule has 0 unspecified atom stereocenters. The molecule has 2 nitrogen and oxygen atoms in total. The number of hydrogen-bond donors (Lipinski definition) is 0. The van der Waals surface area contributed by atoms with Gasteiger partial charge in [-0.2, -0.15) is 26.3 Å². The predicted molar refractivity (Wildman–Crippen MR) is 137 cm³/mol. The van der Waals surface area contributed by atoms with Gasteiger partial charge in [-0.15, -0.1) is 0 Å². The van der Waals surface area contributed by atoms with E-state index in [-0.39, 0.29) is 5.41 Å². The van der Waals surface area contributed by atoms with Crippen LogP contribution in [0.2, 0.25) is 0 Å². The van der Waals surface area contributed by atoms with E-state index in [0.717, 1.165) is 88.3 Å². The van der Waals surface area contributed by atoms with Gasteiger partial charge in [0, 0.05) is 12.0 Å². The number of halogens is 6. The lowest BCUT2D eigenvalue weighted by molar-refractivity contribution is -0.138. The van der Waals surface area contributed by atoms with Crippen molar-refractivity contribution in [2.45, 2.75) is 87.4 Å². The van der Waals surface area contributed by atoms with Crippen molar-refractivity contribution in [3.05, 3.63) is 70.8 Å². The molecule has 2 aromatic rings. The van der Waals surface area contributed by atoms with Crippen LogP contribution in [0.3, 0.4) is 0 Å². The van der Waals surface area contributed by atoms with Crippen LogP contribution in [0.25, 0.3) is 0 Å². The number of rotatable bonds is 5. The van der Waals surface area contributed by atoms with Gasteiger partial charge >= 0.3 is 12.4 Å². The topological polar surface area (TPSA) is 20.3 Å². The first-order valence-corrected chi connectivity index (χ1v) is 13.3. The number of carbonyl (C=O) groups is 1. The molecule has 2 aliphatic rings. The van der Waals surface area contributed by atoms with E-state index in [1.807, 2.05) is 14.1 Å². The van der Waals surface area contributed by atoms with Crippen LogP contribution in [-0.4, -0.2) is 31.8 Å². The molecule has 0 aliphatic heterocycles. The molecule has 0 bridgehead atoms. The van der Waals surface area contributed by atoms with E-state index in [1.165, 1.54) is 30.7 Å². The number of hydrogen-bond acceptors (Lipinski definition) is 2. The molecular formula is C30H37F6NO. The lowest BCUT2D eigenvalue weighted by atomic mass is 9.69. The normalized spacial score (nSPS) is 19.4. The Morgan fingerprint density at radius 1 is 0.658 bits per heavy atom. The van der Waals surface area contributed by atoms with Crippen LogP contribution in [0.1, 0.15) is 86.5 Å². The lowest BCUT2D eigenvalue weighted by Crippen LogP contribution is -2.39. The summed E-state index contributed by atoms with van der Waals surface area (Å²) in [6, 6.07) is 10.8. The molecule has 2 aliphatic carbocycles. The molecule has 0 radical (unpaired) electrons. The summed E-state index contributed by atoms with van der Waals surface area (Å²) in [6.45, 7) is 0.901. The minimum Gasteiger partial charge on any atom is -0.309 e. The maximum Gasteiger partial charge on any atom is 0.416 e. The Kier molecular flexibility index (Phi) is 9.71. The van der Waals surface area contributed by atoms with Gasteiger partial charge in [0.2, 0.25) is 0 Å². The minimum absolute atomic E-state index is 0.0197. The first kappa shape index (κ1) is 30.2. The fourth-order valence-corrected chi connectivity index (χ4v) is 6.03. The summed E-state index contributed by atoms with van der Waals surface area (Å²) in [6.07, 6.45) is 2.51. The highest BCUT2D eigenvalue weighted by atomic mass is 19.4. The van der Waals surface area contributed by atoms with Crippen molar-refractivity contribution in [2.75, 3.05) is 20.6 Å². The van der Waals surface area contributed by atoms with Crippen molar-refractivity contribution in [3.8, 4) is 0 Å². The molecule has 0 amide bonds. The molecule has 4 rings (SSSR count). The summed E-state index contributed by atoms with van der Waals surface area (Å²) in [4.78, 5) is 13.5. The number of likely N-dealkylation sites (N-methyl/N-ethyl adjacent to an activating group) is 1. The minimum atomic E-state index is -4.32. The van der Waals surface area contributed by atoms with Crippen molar-refractivity contribution in [3.63, 3.8) is 0 Å². The van der Waals surface area contributed by atoms with Gasteiger partial charge in [0.15, 0.2) is 0 Å². The molecule has 0 spiro atoms. The van der Waals surface area contributed by atoms with E-state index in [0.29, 0.717) is 5.56 Å². The Labute approximate surface area is 221 Å². The molecule has 0 aromatic heterocycles. The SMILES string of the molecule is CN(C)CC1(c2ccc(C(F)(F)F)cc2)CCCCC1.O=CC1(c2ccc(C(F)(F)F)cc2)CCCCC1. The monoisotopic (exact) mass is 541 g/mol. The number of alkyl halides is 6. The van der Waals surface area contributed by atoms with Gasteiger partial charge in [-0.25, -0.2) is 0 Å². The molecule has 2 aromatic carbocycles. The molecule has 38 heavy (non-hydrogen) atoms. The van der Waals surface area contributed by atoms with Crippen molar-refractivity contribution >= 4 is 6.29 Å². The zero-order valence-electron chi connectivity index (χ0n) is 22.1. The third-order valence-electron chi connectivity index (χ3n) is 8.01. The van der Waals surface area contributed by atoms with Crippen molar-refractivity contribution in [1.29, 1.82) is 0 Å². The number of carbonyl (C=O) groups excluding carboxylic acids is 1. The first-order chi connectivity index (χ1) is 17.8. The maximum atomic E-state index is 12.7. The van der Waals surface area contributed by atoms with E-state index in [1.54, 1.807) is 12.1 Å². The summed E-state index contributed by atoms with van der Waals surface area (Å²) in [5, 5.41) is 0. The highest BCUT2D eigenvalue weighted by molar-refractivity contribution is 5.69. The zero-order chi connectivity index (χ0) is 28.0. The van der Waals surface area contributed by atoms with Crippen molar-refractivity contribution in [2.24, 2.45) is 0 Å². The second-order valence-corrected chi connectivity index (χ2v) is 11.1. The molecule has 0 saturated heterocycles. The van der Waals surface area contributed by atoms with Crippen LogP contribution in [-0.2, 0) is 28.0 Å². The zero-order valence-corrected chi connectivity index (χ0v) is 22.1. The van der Waals surface area contributed by atoms with Crippen LogP contribution in [0.4, 0.5) is 26.3 Å². The maximum absolute atomic E-state index is 12.7. The van der Waals surface area contributed by atoms with Gasteiger partial charge in [-0.3, -0.25) is 0 Å². The number of nitrogens with zero attached hydrogens (tertiary/aromatic N) is 1. The Hall–Kier alpha value is -2.35. The van der Waals surface area contributed by atoms with Gasteiger partial charge in [-0.05, 0) is 75.2 Å². The molecule has 8 heteroatoms. The van der Waals surface area contributed by atoms with Gasteiger partial charge in [0.1, 0.15) is 6.29 Å². The highest BCUT2D eigenvalue weighted by Crippen LogP contribution is 2.41. The number of benzene rings is 2. The van der Waals surface area contributed by atoms with Crippen LogP contribution >= 0.6 is 0 Å². The summed E-state index contributed by atoms with van der Waals surface area (Å²) >= 11 is 0. The number of aldehydes is 1. The van der Waals surface area contributed by atoms with E-state index in [4.69, 9.17) is 0 Å². The molecule has 0 atom stereocenters. The van der Waals surface area contributed by atoms with Crippen molar-refractivity contribution < 1.29 is 31.1 Å². The summed E-state index contributed by atoms with van der Waals surface area (Å²) in [5.74, 6) is 0. The van der Waals surface area contributed by atoms with E-state index >= 15 is 0 Å². The van der Waals surface area contributed by atoms with E-state index in [2.05, 4.69) is 4.90 Å². The van der Waals surface area contributed by atoms with E-state index in [9.17, 15) is 31.1 Å². The summed E-state index contributed by atoms with van der Waals surface area (Å²) in [5.41, 5.74) is -0.00174. The van der Waals surface area contributed by atoms with Crippen molar-refractivity contribution in [1.82, 2.24) is 4.90 Å². The second kappa shape index (κ2) is 12.2. The lowest BCUT2D eigenvalue weighted by Gasteiger charge is -2.40. The van der Waals surface area contributed by atoms with Gasteiger partial charge in [-0.1, -0.05) is 62.8 Å². The Morgan fingerprint density at radius 3 is 1.42 bits per heavy atom. The van der Waals surface area contributed by atoms with Gasteiger partial charge < -0.3 is 9.69 Å². The first-order valence-electron chi connectivity index (χ1n) is 13.3. The summed E-state index contributed by atoms with van der Waals surface area (Å²) < 4.78 is 75.4. The Balaban J connectivity index is 0.000000212. The molecule has 2 fully saturated rings. The molecule has 2 saturated carbocycles. The average Bonchev–Trinajstić information content (AvgIpc) is 2.89.